The fourth-order valence-electron chi connectivity index (χ4n) is 3.25. The standard InChI is InChI=1S/C18H22N6O/c1-25-15-4-2-14(3-5-15)6-7-23-8-10-24(11-9-23)18-16-17(20-12-19-16)21-13-22-18/h2-5,12-13H,6-11H2,1H3,(H,19,20,21,22). The number of benzene rings is 1. The van der Waals surface area contributed by atoms with E-state index >= 15 is 0 Å². The van der Waals surface area contributed by atoms with Crippen molar-refractivity contribution in [3.63, 3.8) is 0 Å². The van der Waals surface area contributed by atoms with E-state index in [1.807, 2.05) is 12.1 Å². The van der Waals surface area contributed by atoms with Gasteiger partial charge in [0.25, 0.3) is 0 Å². The molecule has 1 aromatic carbocycles. The zero-order chi connectivity index (χ0) is 17.1. The third kappa shape index (κ3) is 3.41. The van der Waals surface area contributed by atoms with Crippen LogP contribution < -0.4 is 9.64 Å². The largest absolute Gasteiger partial charge is 0.497 e. The molecule has 1 aliphatic rings. The van der Waals surface area contributed by atoms with Crippen LogP contribution in [0.1, 0.15) is 5.56 Å². The van der Waals surface area contributed by atoms with Crippen molar-refractivity contribution in [3.05, 3.63) is 42.5 Å². The van der Waals surface area contributed by atoms with Gasteiger partial charge in [-0.05, 0) is 24.1 Å². The van der Waals surface area contributed by atoms with Gasteiger partial charge in [0, 0.05) is 32.7 Å². The fourth-order valence-corrected chi connectivity index (χ4v) is 3.25. The third-order valence-electron chi connectivity index (χ3n) is 4.75. The summed E-state index contributed by atoms with van der Waals surface area (Å²) in [6.45, 7) is 5.08. The predicted octanol–water partition coefficient (Wildman–Crippen LogP) is 1.73. The van der Waals surface area contributed by atoms with E-state index in [1.165, 1.54) is 5.56 Å². The number of nitrogens with one attached hydrogen (secondary N) is 1. The van der Waals surface area contributed by atoms with Crippen LogP contribution in [0.15, 0.2) is 36.9 Å². The van der Waals surface area contributed by atoms with E-state index in [0.29, 0.717) is 0 Å². The Hall–Kier alpha value is -2.67. The number of rotatable bonds is 5. The van der Waals surface area contributed by atoms with Crippen molar-refractivity contribution in [1.29, 1.82) is 0 Å². The van der Waals surface area contributed by atoms with Crippen molar-refractivity contribution in [2.24, 2.45) is 0 Å². The number of ether oxygens (including phenoxy) is 1. The number of H-pyrrole nitrogens is 1. The van der Waals surface area contributed by atoms with E-state index in [1.54, 1.807) is 19.8 Å². The Morgan fingerprint density at radius 3 is 2.60 bits per heavy atom. The predicted molar refractivity (Wildman–Crippen MR) is 97.0 cm³/mol. The Morgan fingerprint density at radius 2 is 1.84 bits per heavy atom. The summed E-state index contributed by atoms with van der Waals surface area (Å²) >= 11 is 0. The van der Waals surface area contributed by atoms with Gasteiger partial charge in [0.05, 0.1) is 13.4 Å². The van der Waals surface area contributed by atoms with E-state index < -0.39 is 0 Å². The first-order valence-electron chi connectivity index (χ1n) is 8.58. The summed E-state index contributed by atoms with van der Waals surface area (Å²) in [4.78, 5) is 20.8. The van der Waals surface area contributed by atoms with Crippen molar-refractivity contribution in [3.8, 4) is 5.75 Å². The van der Waals surface area contributed by atoms with Crippen LogP contribution in [0.25, 0.3) is 11.2 Å². The fraction of sp³-hybridized carbons (Fsp3) is 0.389. The van der Waals surface area contributed by atoms with E-state index in [-0.39, 0.29) is 0 Å². The first kappa shape index (κ1) is 15.8. The molecule has 0 aliphatic carbocycles. The number of hydrogen-bond acceptors (Lipinski definition) is 6. The van der Waals surface area contributed by atoms with Crippen LogP contribution in [-0.2, 0) is 6.42 Å². The zero-order valence-electron chi connectivity index (χ0n) is 14.4. The molecule has 1 fully saturated rings. The lowest BCUT2D eigenvalue weighted by molar-refractivity contribution is 0.260. The highest BCUT2D eigenvalue weighted by Gasteiger charge is 2.20. The maximum Gasteiger partial charge on any atom is 0.182 e. The van der Waals surface area contributed by atoms with Gasteiger partial charge in [0.1, 0.15) is 17.6 Å². The molecule has 0 saturated carbocycles. The molecule has 3 heterocycles. The summed E-state index contributed by atoms with van der Waals surface area (Å²) in [5.74, 6) is 1.87. The molecule has 0 unspecified atom stereocenters. The maximum absolute atomic E-state index is 5.21. The molecule has 1 N–H and O–H groups in total. The van der Waals surface area contributed by atoms with Crippen molar-refractivity contribution < 1.29 is 4.74 Å². The maximum atomic E-state index is 5.21. The average molecular weight is 338 g/mol. The molecule has 130 valence electrons. The molecule has 0 bridgehead atoms. The molecule has 0 amide bonds. The zero-order valence-corrected chi connectivity index (χ0v) is 14.4. The number of aromatic amines is 1. The molecule has 0 radical (unpaired) electrons. The summed E-state index contributed by atoms with van der Waals surface area (Å²) in [6.07, 6.45) is 4.32. The summed E-state index contributed by atoms with van der Waals surface area (Å²) in [5, 5.41) is 0. The highest BCUT2D eigenvalue weighted by molar-refractivity contribution is 5.82. The second-order valence-corrected chi connectivity index (χ2v) is 6.23. The number of imidazole rings is 1. The summed E-state index contributed by atoms with van der Waals surface area (Å²) in [6, 6.07) is 8.34. The van der Waals surface area contributed by atoms with E-state index in [4.69, 9.17) is 4.74 Å². The van der Waals surface area contributed by atoms with Gasteiger partial charge < -0.3 is 14.6 Å². The van der Waals surface area contributed by atoms with Crippen LogP contribution in [0, 0.1) is 0 Å². The van der Waals surface area contributed by atoms with Gasteiger partial charge in [-0.1, -0.05) is 12.1 Å². The van der Waals surface area contributed by atoms with Gasteiger partial charge >= 0.3 is 0 Å². The molecular formula is C18H22N6O. The lowest BCUT2D eigenvalue weighted by Gasteiger charge is -2.35. The number of piperazine rings is 1. The van der Waals surface area contributed by atoms with E-state index in [9.17, 15) is 0 Å². The van der Waals surface area contributed by atoms with Gasteiger partial charge in [0.15, 0.2) is 11.5 Å². The molecule has 3 aromatic rings. The summed E-state index contributed by atoms with van der Waals surface area (Å²) in [7, 11) is 1.70. The van der Waals surface area contributed by atoms with Crippen molar-refractivity contribution in [2.75, 3.05) is 44.7 Å². The second-order valence-electron chi connectivity index (χ2n) is 6.23. The number of anilines is 1. The van der Waals surface area contributed by atoms with E-state index in [2.05, 4.69) is 41.9 Å². The second kappa shape index (κ2) is 7.06. The van der Waals surface area contributed by atoms with Crippen LogP contribution in [0.4, 0.5) is 5.82 Å². The Morgan fingerprint density at radius 1 is 1.04 bits per heavy atom. The van der Waals surface area contributed by atoms with Gasteiger partial charge in [-0.15, -0.1) is 0 Å². The van der Waals surface area contributed by atoms with Gasteiger partial charge in [-0.25, -0.2) is 15.0 Å². The number of hydrogen-bond donors (Lipinski definition) is 1. The van der Waals surface area contributed by atoms with Gasteiger partial charge in [0.2, 0.25) is 0 Å². The number of fused-ring (bicyclic) bond motifs is 1. The molecule has 7 nitrogen and oxygen atoms in total. The lowest BCUT2D eigenvalue weighted by Crippen LogP contribution is -2.47. The molecule has 7 heteroatoms. The lowest BCUT2D eigenvalue weighted by atomic mass is 10.1. The molecule has 0 spiro atoms. The van der Waals surface area contributed by atoms with E-state index in [0.717, 1.165) is 61.9 Å². The molecule has 1 saturated heterocycles. The molecule has 25 heavy (non-hydrogen) atoms. The normalized spacial score (nSPS) is 15.6. The smallest absolute Gasteiger partial charge is 0.182 e. The minimum absolute atomic E-state index is 0.729. The number of nitrogens with zero attached hydrogens (tertiary/aromatic N) is 5. The quantitative estimate of drug-likeness (QED) is 0.764. The first-order valence-corrected chi connectivity index (χ1v) is 8.58. The average Bonchev–Trinajstić information content (AvgIpc) is 3.16. The highest BCUT2D eigenvalue weighted by atomic mass is 16.5. The van der Waals surface area contributed by atoms with Crippen LogP contribution in [0.2, 0.25) is 0 Å². The van der Waals surface area contributed by atoms with Gasteiger partial charge in [-0.2, -0.15) is 0 Å². The SMILES string of the molecule is COc1ccc(CCN2CCN(c3ncnc4nc[nH]c34)CC2)cc1. The van der Waals surface area contributed by atoms with Crippen molar-refractivity contribution in [1.82, 2.24) is 24.8 Å². The van der Waals surface area contributed by atoms with Crippen molar-refractivity contribution >= 4 is 17.0 Å². The Bertz CT molecular complexity index is 823. The van der Waals surface area contributed by atoms with Gasteiger partial charge in [-0.3, -0.25) is 4.90 Å². The monoisotopic (exact) mass is 338 g/mol. The highest BCUT2D eigenvalue weighted by Crippen LogP contribution is 2.21. The topological polar surface area (TPSA) is 70.2 Å². The van der Waals surface area contributed by atoms with Crippen LogP contribution in [-0.4, -0.2) is 64.7 Å². The molecule has 4 rings (SSSR count). The molecule has 0 atom stereocenters. The van der Waals surface area contributed by atoms with Crippen LogP contribution in [0.3, 0.4) is 0 Å². The molecule has 1 aliphatic heterocycles. The Balaban J connectivity index is 1.33. The molecule has 2 aromatic heterocycles. The van der Waals surface area contributed by atoms with Crippen molar-refractivity contribution in [2.45, 2.75) is 6.42 Å². The number of methoxy groups -OCH3 is 1. The van der Waals surface area contributed by atoms with Crippen LogP contribution >= 0.6 is 0 Å². The van der Waals surface area contributed by atoms with Crippen LogP contribution in [0.5, 0.6) is 5.75 Å². The number of aromatic nitrogens is 4. The minimum Gasteiger partial charge on any atom is -0.497 e. The Labute approximate surface area is 146 Å². The third-order valence-corrected chi connectivity index (χ3v) is 4.75. The first-order chi connectivity index (χ1) is 12.3. The summed E-state index contributed by atoms with van der Waals surface area (Å²) in [5.41, 5.74) is 3.00. The summed E-state index contributed by atoms with van der Waals surface area (Å²) < 4.78 is 5.21. The minimum atomic E-state index is 0.729. The Kier molecular flexibility index (Phi) is 4.47. The molecular weight excluding hydrogens is 316 g/mol.